The molecule has 2 atom stereocenters. The number of methoxy groups -OCH3 is 1. The van der Waals surface area contributed by atoms with E-state index in [1.165, 1.54) is 0 Å². The van der Waals surface area contributed by atoms with Gasteiger partial charge in [-0.15, -0.1) is 0 Å². The Balaban J connectivity index is 2.60. The number of hydrogen-bond acceptors (Lipinski definition) is 2. The third-order valence-electron chi connectivity index (χ3n) is 2.26. The Morgan fingerprint density at radius 2 is 2.38 bits per heavy atom. The summed E-state index contributed by atoms with van der Waals surface area (Å²) < 4.78 is 5.04. The molecule has 0 aromatic rings. The molecule has 13 heavy (non-hydrogen) atoms. The molecule has 1 aliphatic carbocycles. The van der Waals surface area contributed by atoms with Crippen molar-refractivity contribution in [2.45, 2.75) is 13.3 Å². The fourth-order valence-electron chi connectivity index (χ4n) is 1.42. The van der Waals surface area contributed by atoms with Crippen LogP contribution in [-0.2, 0) is 9.53 Å². The van der Waals surface area contributed by atoms with Gasteiger partial charge in [0, 0.05) is 0 Å². The minimum atomic E-state index is -0.754. The van der Waals surface area contributed by atoms with E-state index in [1.54, 1.807) is 7.11 Å². The van der Waals surface area contributed by atoms with Crippen LogP contribution in [0.25, 0.3) is 0 Å². The molecule has 1 aliphatic rings. The topological polar surface area (TPSA) is 46.5 Å². The molecular weight excluding hydrogens is 168 g/mol. The highest BCUT2D eigenvalue weighted by Crippen LogP contribution is 2.25. The highest BCUT2D eigenvalue weighted by molar-refractivity contribution is 5.67. The van der Waals surface area contributed by atoms with Gasteiger partial charge in [0.15, 0.2) is 0 Å². The van der Waals surface area contributed by atoms with E-state index in [0.717, 1.165) is 5.76 Å². The van der Waals surface area contributed by atoms with Crippen LogP contribution in [-0.4, -0.2) is 18.2 Å². The van der Waals surface area contributed by atoms with E-state index in [0.29, 0.717) is 0 Å². The van der Waals surface area contributed by atoms with Crippen LogP contribution >= 0.6 is 0 Å². The van der Waals surface area contributed by atoms with Crippen LogP contribution in [0.15, 0.2) is 24.0 Å². The van der Waals surface area contributed by atoms with Crippen LogP contribution < -0.4 is 0 Å². The lowest BCUT2D eigenvalue weighted by molar-refractivity contribution is -0.138. The molecular formula is C10H14O3. The van der Waals surface area contributed by atoms with Gasteiger partial charge in [-0.05, 0) is 24.0 Å². The normalized spacial score (nSPS) is 26.8. The minimum absolute atomic E-state index is 0.0939. The molecule has 0 aromatic carbocycles. The summed E-state index contributed by atoms with van der Waals surface area (Å²) >= 11 is 0. The maximum atomic E-state index is 10.5. The summed E-state index contributed by atoms with van der Waals surface area (Å²) in [6.45, 7) is 2.00. The van der Waals surface area contributed by atoms with Gasteiger partial charge in [-0.3, -0.25) is 4.79 Å². The maximum Gasteiger partial charge on any atom is 0.303 e. The van der Waals surface area contributed by atoms with Crippen molar-refractivity contribution in [2.75, 3.05) is 7.11 Å². The van der Waals surface area contributed by atoms with Crippen LogP contribution in [0.3, 0.4) is 0 Å². The van der Waals surface area contributed by atoms with Crippen molar-refractivity contribution in [3.8, 4) is 0 Å². The summed E-state index contributed by atoms with van der Waals surface area (Å²) in [6, 6.07) is 0. The standard InChI is InChI=1S/C10H14O3/c1-7-5-9(13-2)4-3-8(7)6-10(11)12/h3-5,7-8H,6H2,1-2H3,(H,11,12). The maximum absolute atomic E-state index is 10.5. The van der Waals surface area contributed by atoms with Gasteiger partial charge in [0.05, 0.1) is 13.5 Å². The SMILES string of the molecule is COC1=CC(C)C(CC(=O)O)C=C1. The third-order valence-corrected chi connectivity index (χ3v) is 2.26. The number of ether oxygens (including phenoxy) is 1. The average Bonchev–Trinajstić information content (AvgIpc) is 2.08. The Hall–Kier alpha value is -1.25. The molecule has 0 aromatic heterocycles. The molecule has 3 nitrogen and oxygen atoms in total. The Kier molecular flexibility index (Phi) is 3.12. The van der Waals surface area contributed by atoms with Gasteiger partial charge in [0.25, 0.3) is 0 Å². The van der Waals surface area contributed by atoms with Crippen LogP contribution in [0.4, 0.5) is 0 Å². The summed E-state index contributed by atoms with van der Waals surface area (Å²) in [5.74, 6) is 0.386. The van der Waals surface area contributed by atoms with Crippen LogP contribution in [0, 0.1) is 11.8 Å². The second-order valence-corrected chi connectivity index (χ2v) is 3.25. The van der Waals surface area contributed by atoms with Crippen molar-refractivity contribution in [3.05, 3.63) is 24.0 Å². The monoisotopic (exact) mass is 182 g/mol. The first-order valence-electron chi connectivity index (χ1n) is 4.29. The van der Waals surface area contributed by atoms with Gasteiger partial charge < -0.3 is 9.84 Å². The molecule has 0 aliphatic heterocycles. The molecule has 0 spiro atoms. The highest BCUT2D eigenvalue weighted by atomic mass is 16.5. The van der Waals surface area contributed by atoms with Crippen molar-refractivity contribution in [3.63, 3.8) is 0 Å². The van der Waals surface area contributed by atoms with Crippen LogP contribution in [0.1, 0.15) is 13.3 Å². The summed E-state index contributed by atoms with van der Waals surface area (Å²) in [4.78, 5) is 10.5. The van der Waals surface area contributed by atoms with Gasteiger partial charge in [-0.2, -0.15) is 0 Å². The molecule has 1 rings (SSSR count). The van der Waals surface area contributed by atoms with Crippen LogP contribution in [0.2, 0.25) is 0 Å². The predicted octanol–water partition coefficient (Wildman–Crippen LogP) is 1.81. The van der Waals surface area contributed by atoms with E-state index in [4.69, 9.17) is 9.84 Å². The zero-order valence-electron chi connectivity index (χ0n) is 7.86. The number of hydrogen-bond donors (Lipinski definition) is 1. The van der Waals surface area contributed by atoms with Crippen molar-refractivity contribution in [2.24, 2.45) is 11.8 Å². The quantitative estimate of drug-likeness (QED) is 0.724. The van der Waals surface area contributed by atoms with Gasteiger partial charge in [0.2, 0.25) is 0 Å². The smallest absolute Gasteiger partial charge is 0.303 e. The number of aliphatic carboxylic acids is 1. The van der Waals surface area contributed by atoms with Crippen molar-refractivity contribution >= 4 is 5.97 Å². The van der Waals surface area contributed by atoms with E-state index in [9.17, 15) is 4.79 Å². The molecule has 0 heterocycles. The van der Waals surface area contributed by atoms with Gasteiger partial charge >= 0.3 is 5.97 Å². The Morgan fingerprint density at radius 3 is 2.85 bits per heavy atom. The molecule has 1 N–H and O–H groups in total. The average molecular weight is 182 g/mol. The van der Waals surface area contributed by atoms with Gasteiger partial charge in [-0.25, -0.2) is 0 Å². The second kappa shape index (κ2) is 4.12. The van der Waals surface area contributed by atoms with Gasteiger partial charge in [0.1, 0.15) is 5.76 Å². The molecule has 0 bridgehead atoms. The third kappa shape index (κ3) is 2.61. The molecule has 0 saturated carbocycles. The lowest BCUT2D eigenvalue weighted by Gasteiger charge is -2.20. The lowest BCUT2D eigenvalue weighted by Crippen LogP contribution is -2.15. The van der Waals surface area contributed by atoms with Gasteiger partial charge in [-0.1, -0.05) is 13.0 Å². The fourth-order valence-corrected chi connectivity index (χ4v) is 1.42. The summed E-state index contributed by atoms with van der Waals surface area (Å²) in [6.07, 6.45) is 5.87. The van der Waals surface area contributed by atoms with E-state index >= 15 is 0 Å². The minimum Gasteiger partial charge on any atom is -0.497 e. The largest absolute Gasteiger partial charge is 0.497 e. The van der Waals surface area contributed by atoms with E-state index in [2.05, 4.69) is 0 Å². The molecule has 2 unspecified atom stereocenters. The molecule has 72 valence electrons. The number of allylic oxidation sites excluding steroid dienone is 3. The first-order chi connectivity index (χ1) is 6.13. The zero-order valence-corrected chi connectivity index (χ0v) is 7.86. The predicted molar refractivity (Wildman–Crippen MR) is 49.1 cm³/mol. The van der Waals surface area contributed by atoms with Crippen LogP contribution in [0.5, 0.6) is 0 Å². The lowest BCUT2D eigenvalue weighted by atomic mass is 9.87. The van der Waals surface area contributed by atoms with Crippen molar-refractivity contribution < 1.29 is 14.6 Å². The molecule has 0 amide bonds. The van der Waals surface area contributed by atoms with Crippen molar-refractivity contribution in [1.82, 2.24) is 0 Å². The number of carboxylic acid groups (broad SMARTS) is 1. The summed E-state index contributed by atoms with van der Waals surface area (Å²) in [7, 11) is 1.61. The summed E-state index contributed by atoms with van der Waals surface area (Å²) in [5, 5.41) is 8.62. The number of rotatable bonds is 3. The molecule has 0 radical (unpaired) electrons. The summed E-state index contributed by atoms with van der Waals surface area (Å²) in [5.41, 5.74) is 0. The molecule has 0 fully saturated rings. The number of carbonyl (C=O) groups is 1. The molecule has 3 heteroatoms. The van der Waals surface area contributed by atoms with E-state index < -0.39 is 5.97 Å². The number of carboxylic acids is 1. The van der Waals surface area contributed by atoms with E-state index in [-0.39, 0.29) is 18.3 Å². The van der Waals surface area contributed by atoms with Crippen molar-refractivity contribution in [1.29, 1.82) is 0 Å². The second-order valence-electron chi connectivity index (χ2n) is 3.25. The van der Waals surface area contributed by atoms with E-state index in [1.807, 2.05) is 25.2 Å². The Bertz CT molecular complexity index is 253. The fraction of sp³-hybridized carbons (Fsp3) is 0.500. The Morgan fingerprint density at radius 1 is 1.69 bits per heavy atom. The highest BCUT2D eigenvalue weighted by Gasteiger charge is 2.19. The Labute approximate surface area is 77.7 Å². The first kappa shape index (κ1) is 9.84. The molecule has 0 saturated heterocycles. The first-order valence-corrected chi connectivity index (χ1v) is 4.29. The zero-order chi connectivity index (χ0) is 9.84.